The molecule has 1 N–H and O–H groups in total. The van der Waals surface area contributed by atoms with Crippen molar-refractivity contribution in [2.45, 2.75) is 58.8 Å². The molecule has 1 aromatic rings. The van der Waals surface area contributed by atoms with Gasteiger partial charge in [0.1, 0.15) is 0 Å². The van der Waals surface area contributed by atoms with Crippen molar-refractivity contribution in [3.63, 3.8) is 0 Å². The molecule has 21 heavy (non-hydrogen) atoms. The quantitative estimate of drug-likeness (QED) is 0.510. The predicted molar refractivity (Wildman–Crippen MR) is 85.4 cm³/mol. The summed E-state index contributed by atoms with van der Waals surface area (Å²) in [5, 5.41) is 8.44. The Hall–Kier alpha value is -1.61. The first kappa shape index (κ1) is 17.4. The highest BCUT2D eigenvalue weighted by Gasteiger charge is 2.21. The zero-order chi connectivity index (χ0) is 16.4. The molecule has 0 atom stereocenters. The van der Waals surface area contributed by atoms with Crippen molar-refractivity contribution in [2.75, 3.05) is 0 Å². The molecule has 0 aliphatic heterocycles. The molecule has 0 unspecified atom stereocenters. The van der Waals surface area contributed by atoms with Crippen LogP contribution in [0, 0.1) is 0 Å². The van der Waals surface area contributed by atoms with Crippen LogP contribution in [0.2, 0.25) is 0 Å². The third-order valence-electron chi connectivity index (χ3n) is 3.51. The first-order valence-corrected chi connectivity index (χ1v) is 7.13. The molecule has 116 valence electrons. The maximum atomic E-state index is 11.3. The van der Waals surface area contributed by atoms with Crippen molar-refractivity contribution in [3.05, 3.63) is 47.0 Å². The van der Waals surface area contributed by atoms with Gasteiger partial charge in [0.05, 0.1) is 0 Å². The molecular formula is C18H26O3. The second-order valence-electron chi connectivity index (χ2n) is 7.58. The lowest BCUT2D eigenvalue weighted by Crippen LogP contribution is -2.17. The second kappa shape index (κ2) is 6.02. The fourth-order valence-electron chi connectivity index (χ4n) is 2.04. The third-order valence-corrected chi connectivity index (χ3v) is 3.51. The van der Waals surface area contributed by atoms with E-state index in [1.165, 1.54) is 11.1 Å². The van der Waals surface area contributed by atoms with Gasteiger partial charge in [0.2, 0.25) is 0 Å². The third kappa shape index (κ3) is 4.71. The molecule has 0 bridgehead atoms. The second-order valence-corrected chi connectivity index (χ2v) is 7.58. The number of carbonyl (C=O) groups is 1. The van der Waals surface area contributed by atoms with Crippen LogP contribution in [0.15, 0.2) is 30.4 Å². The summed E-state index contributed by atoms with van der Waals surface area (Å²) in [4.78, 5) is 15.0. The van der Waals surface area contributed by atoms with Crippen LogP contribution in [0.4, 0.5) is 0 Å². The van der Waals surface area contributed by atoms with Gasteiger partial charge in [-0.2, -0.15) is 5.26 Å². The molecule has 0 heterocycles. The van der Waals surface area contributed by atoms with Crippen LogP contribution in [0.1, 0.15) is 58.2 Å². The Labute approximate surface area is 127 Å². The fourth-order valence-corrected chi connectivity index (χ4v) is 2.04. The lowest BCUT2D eigenvalue weighted by molar-refractivity contribution is -0.229. The van der Waals surface area contributed by atoms with E-state index in [4.69, 9.17) is 5.26 Å². The molecule has 0 spiro atoms. The van der Waals surface area contributed by atoms with Crippen LogP contribution in [-0.4, -0.2) is 11.2 Å². The van der Waals surface area contributed by atoms with Crippen molar-refractivity contribution < 1.29 is 14.9 Å². The summed E-state index contributed by atoms with van der Waals surface area (Å²) < 4.78 is 0. The SMILES string of the molecule is C=C(Cc1cc(C(C)(C)C)cc(C(C)(C)C)c1)C(=O)OO. The molecule has 0 saturated carbocycles. The van der Waals surface area contributed by atoms with Gasteiger partial charge < -0.3 is 0 Å². The zero-order valence-corrected chi connectivity index (χ0v) is 13.9. The van der Waals surface area contributed by atoms with Crippen molar-refractivity contribution in [1.82, 2.24) is 0 Å². The van der Waals surface area contributed by atoms with Gasteiger partial charge in [0.25, 0.3) is 0 Å². The molecule has 0 fully saturated rings. The molecule has 1 aromatic carbocycles. The van der Waals surface area contributed by atoms with Gasteiger partial charge in [-0.05, 0) is 27.5 Å². The van der Waals surface area contributed by atoms with Crippen molar-refractivity contribution >= 4 is 5.97 Å². The summed E-state index contributed by atoms with van der Waals surface area (Å²) in [7, 11) is 0. The maximum Gasteiger partial charge on any atom is 0.368 e. The van der Waals surface area contributed by atoms with Gasteiger partial charge in [0, 0.05) is 12.0 Å². The lowest BCUT2D eigenvalue weighted by Gasteiger charge is -2.26. The Bertz CT molecular complexity index is 510. The van der Waals surface area contributed by atoms with Crippen LogP contribution in [0.25, 0.3) is 0 Å². The van der Waals surface area contributed by atoms with Crippen LogP contribution in [0.5, 0.6) is 0 Å². The standard InChI is InChI=1S/C18H26O3/c1-12(16(19)21-20)8-13-9-14(17(2,3)4)11-15(10-13)18(5,6)7/h9-11,20H,1,8H2,2-7H3. The summed E-state index contributed by atoms with van der Waals surface area (Å²) in [5.41, 5.74) is 3.72. The lowest BCUT2D eigenvalue weighted by atomic mass is 9.79. The number of hydrogen-bond acceptors (Lipinski definition) is 3. The normalized spacial score (nSPS) is 12.1. The Morgan fingerprint density at radius 1 is 1.05 bits per heavy atom. The van der Waals surface area contributed by atoms with Crippen molar-refractivity contribution in [2.24, 2.45) is 0 Å². The van der Waals surface area contributed by atoms with E-state index in [1.54, 1.807) is 0 Å². The monoisotopic (exact) mass is 290 g/mol. The first-order chi connectivity index (χ1) is 9.45. The van der Waals surface area contributed by atoms with Crippen molar-refractivity contribution in [1.29, 1.82) is 0 Å². The highest BCUT2D eigenvalue weighted by atomic mass is 17.1. The van der Waals surface area contributed by atoms with E-state index in [9.17, 15) is 4.79 Å². The summed E-state index contributed by atoms with van der Waals surface area (Å²) >= 11 is 0. The van der Waals surface area contributed by atoms with E-state index in [1.807, 2.05) is 0 Å². The Morgan fingerprint density at radius 2 is 1.48 bits per heavy atom. The van der Waals surface area contributed by atoms with Gasteiger partial charge in [-0.1, -0.05) is 66.3 Å². The fraction of sp³-hybridized carbons (Fsp3) is 0.500. The maximum absolute atomic E-state index is 11.3. The number of hydrogen-bond donors (Lipinski definition) is 1. The smallest absolute Gasteiger partial charge is 0.296 e. The van der Waals surface area contributed by atoms with E-state index < -0.39 is 5.97 Å². The topological polar surface area (TPSA) is 46.5 Å². The van der Waals surface area contributed by atoms with E-state index in [-0.39, 0.29) is 16.4 Å². The summed E-state index contributed by atoms with van der Waals surface area (Å²) in [6.45, 7) is 16.6. The minimum absolute atomic E-state index is 0.0226. The van der Waals surface area contributed by atoms with E-state index in [2.05, 4.69) is 71.2 Å². The largest absolute Gasteiger partial charge is 0.368 e. The van der Waals surface area contributed by atoms with Gasteiger partial charge in [-0.25, -0.2) is 4.79 Å². The highest BCUT2D eigenvalue weighted by molar-refractivity contribution is 5.87. The van der Waals surface area contributed by atoms with Gasteiger partial charge in [-0.3, -0.25) is 4.89 Å². The minimum atomic E-state index is -0.784. The van der Waals surface area contributed by atoms with Crippen molar-refractivity contribution in [3.8, 4) is 0 Å². The van der Waals surface area contributed by atoms with E-state index >= 15 is 0 Å². The molecule has 0 aliphatic carbocycles. The highest BCUT2D eigenvalue weighted by Crippen LogP contribution is 2.30. The number of benzene rings is 1. The number of carbonyl (C=O) groups excluding carboxylic acids is 1. The van der Waals surface area contributed by atoms with Crippen LogP contribution >= 0.6 is 0 Å². The van der Waals surface area contributed by atoms with Crippen LogP contribution < -0.4 is 0 Å². The molecule has 3 heteroatoms. The first-order valence-electron chi connectivity index (χ1n) is 7.13. The van der Waals surface area contributed by atoms with Crippen LogP contribution in [-0.2, 0) is 26.9 Å². The Balaban J connectivity index is 3.26. The average molecular weight is 290 g/mol. The Kier molecular flexibility index (Phi) is 5.00. The minimum Gasteiger partial charge on any atom is -0.296 e. The van der Waals surface area contributed by atoms with E-state index in [0.29, 0.717) is 6.42 Å². The molecule has 0 radical (unpaired) electrons. The molecule has 1 rings (SSSR count). The predicted octanol–water partition coefficient (Wildman–Crippen LogP) is 4.40. The summed E-state index contributed by atoms with van der Waals surface area (Å²) in [6, 6.07) is 6.40. The molecule has 0 saturated heterocycles. The number of rotatable bonds is 3. The molecule has 0 aliphatic rings. The zero-order valence-electron chi connectivity index (χ0n) is 13.9. The average Bonchev–Trinajstić information content (AvgIpc) is 2.35. The van der Waals surface area contributed by atoms with Crippen LogP contribution in [0.3, 0.4) is 0 Å². The molecule has 0 aromatic heterocycles. The van der Waals surface area contributed by atoms with Gasteiger partial charge in [0.15, 0.2) is 0 Å². The summed E-state index contributed by atoms with van der Waals surface area (Å²) in [5.74, 6) is -0.784. The molecule has 0 amide bonds. The molecule has 3 nitrogen and oxygen atoms in total. The van der Waals surface area contributed by atoms with Gasteiger partial charge >= 0.3 is 5.97 Å². The van der Waals surface area contributed by atoms with Gasteiger partial charge in [-0.15, -0.1) is 0 Å². The van der Waals surface area contributed by atoms with E-state index in [0.717, 1.165) is 5.56 Å². The summed E-state index contributed by atoms with van der Waals surface area (Å²) in [6.07, 6.45) is 0.367. The molecular weight excluding hydrogens is 264 g/mol. The Morgan fingerprint density at radius 3 is 1.81 bits per heavy atom.